The molecule has 0 bridgehead atoms. The van der Waals surface area contributed by atoms with Crippen molar-refractivity contribution in [3.63, 3.8) is 0 Å². The molecule has 3 saturated carbocycles. The molecule has 8 heteroatoms. The number of hydrogen-bond acceptors (Lipinski definition) is 8. The van der Waals surface area contributed by atoms with Crippen molar-refractivity contribution in [1.29, 1.82) is 0 Å². The molecule has 0 aromatic heterocycles. The number of terminal acetylenes is 2. The molecule has 2 heterocycles. The summed E-state index contributed by atoms with van der Waals surface area (Å²) in [6.07, 6.45) is 35.1. The van der Waals surface area contributed by atoms with E-state index in [9.17, 15) is 4.79 Å². The van der Waals surface area contributed by atoms with E-state index in [4.69, 9.17) is 36.5 Å². The highest BCUT2D eigenvalue weighted by Gasteiger charge is 2.38. The molecule has 5 aromatic rings. The van der Waals surface area contributed by atoms with Gasteiger partial charge >= 0.3 is 0 Å². The number of carbonyl (C=O) groups excluding carboxylic acids is 1. The van der Waals surface area contributed by atoms with Gasteiger partial charge in [0, 0.05) is 27.8 Å². The van der Waals surface area contributed by atoms with E-state index in [1.54, 1.807) is 35.5 Å². The Bertz CT molecular complexity index is 2520. The van der Waals surface area contributed by atoms with Gasteiger partial charge in [0.15, 0.2) is 0 Å². The van der Waals surface area contributed by atoms with E-state index in [0.717, 1.165) is 124 Å². The number of nitrogens with one attached hydrogen (secondary N) is 2. The van der Waals surface area contributed by atoms with E-state index in [0.29, 0.717) is 5.41 Å². The number of benzene rings is 5. The second-order valence-electron chi connectivity index (χ2n) is 22.5. The molecular weight excluding hydrogens is 965 g/mol. The van der Waals surface area contributed by atoms with Gasteiger partial charge in [-0.1, -0.05) is 174 Å². The van der Waals surface area contributed by atoms with Crippen LogP contribution in [0.3, 0.4) is 0 Å². The van der Waals surface area contributed by atoms with Crippen LogP contribution in [0.15, 0.2) is 121 Å². The normalized spacial score (nSPS) is 19.2. The Morgan fingerprint density at radius 1 is 0.372 bits per heavy atom. The SMILES string of the molecule is C#CC1(c2ccccc2OC)CCCCC1.C#CC1(c2ccccc2OC)CCNCC1.COc1ccccc1C1(C)CCCCC1.COc1ccccc1C1(C)CCNCC1.COc1ccccc1C1(C=O)CCCCC1. The number of hydrogen-bond donors (Lipinski definition) is 2. The van der Waals surface area contributed by atoms with Gasteiger partial charge in [-0.2, -0.15) is 0 Å². The molecule has 78 heavy (non-hydrogen) atoms. The molecule has 418 valence electrons. The minimum atomic E-state index is -0.301. The van der Waals surface area contributed by atoms with Crippen molar-refractivity contribution in [2.45, 2.75) is 163 Å². The topological polar surface area (TPSA) is 87.3 Å². The van der Waals surface area contributed by atoms with Gasteiger partial charge in [-0.15, -0.1) is 12.8 Å². The standard InChI is InChI=1S/C15H18O.C14H17NO.C14H18O2.C14H20O.C13H19NO/c1-3-15(11-7-4-8-12-15)13-9-5-6-10-14(13)16-2;1-3-14(8-10-15-11-9-14)12-6-4-5-7-13(12)16-2;1-16-13-8-4-3-7-12(13)14(11-15)9-5-2-6-10-14;1-14(10-6-3-7-11-14)12-8-4-5-9-13(12)15-2;1-13(7-9-14-10-8-13)11-5-3-4-6-12(11)15-2/h1,5-6,9-10H,4,7-8,11-12H2,2H3;1,4-7,15H,8-11H2,2H3;3-4,7-8,11H,2,5-6,9-10H2,1H3;4-5,8-9H,3,6-7,10-11H2,1-2H3;3-6,14H,7-10H2,1-2H3. The Hall–Kier alpha value is -6.19. The van der Waals surface area contributed by atoms with Crippen LogP contribution in [-0.2, 0) is 31.9 Å². The van der Waals surface area contributed by atoms with Crippen molar-refractivity contribution in [2.75, 3.05) is 61.7 Å². The molecule has 0 atom stereocenters. The molecule has 0 amide bonds. The Labute approximate surface area is 470 Å². The summed E-state index contributed by atoms with van der Waals surface area (Å²) in [5.74, 6) is 10.8. The lowest BCUT2D eigenvalue weighted by Gasteiger charge is -2.35. The summed E-state index contributed by atoms with van der Waals surface area (Å²) >= 11 is 0. The van der Waals surface area contributed by atoms with Crippen LogP contribution in [0.4, 0.5) is 0 Å². The molecule has 0 unspecified atom stereocenters. The molecule has 2 aliphatic heterocycles. The highest BCUT2D eigenvalue weighted by Crippen LogP contribution is 2.45. The highest BCUT2D eigenvalue weighted by molar-refractivity contribution is 5.71. The van der Waals surface area contributed by atoms with Gasteiger partial charge in [-0.3, -0.25) is 0 Å². The lowest BCUT2D eigenvalue weighted by atomic mass is 9.70. The number of para-hydroxylation sites is 5. The second kappa shape index (κ2) is 30.2. The summed E-state index contributed by atoms with van der Waals surface area (Å²) in [4.78, 5) is 11.5. The first-order valence-corrected chi connectivity index (χ1v) is 29.0. The van der Waals surface area contributed by atoms with Gasteiger partial charge < -0.3 is 39.1 Å². The molecule has 2 N–H and O–H groups in total. The lowest BCUT2D eigenvalue weighted by Crippen LogP contribution is -2.39. The quantitative estimate of drug-likeness (QED) is 0.0999. The predicted octanol–water partition coefficient (Wildman–Crippen LogP) is 14.8. The van der Waals surface area contributed by atoms with Crippen molar-refractivity contribution < 1.29 is 28.5 Å². The van der Waals surface area contributed by atoms with Gasteiger partial charge in [-0.25, -0.2) is 0 Å². The number of carbonyl (C=O) groups is 1. The first-order chi connectivity index (χ1) is 38.0. The number of piperidine rings is 2. The first-order valence-electron chi connectivity index (χ1n) is 29.0. The maximum absolute atomic E-state index is 11.5. The fourth-order valence-electron chi connectivity index (χ4n) is 12.9. The van der Waals surface area contributed by atoms with Gasteiger partial charge in [-0.05, 0) is 132 Å². The van der Waals surface area contributed by atoms with E-state index in [1.807, 2.05) is 66.7 Å². The van der Waals surface area contributed by atoms with Crippen LogP contribution in [0.25, 0.3) is 0 Å². The number of methoxy groups -OCH3 is 5. The Morgan fingerprint density at radius 3 is 1.03 bits per heavy atom. The average molecular weight is 1060 g/mol. The minimum Gasteiger partial charge on any atom is -0.496 e. The number of ether oxygens (including phenoxy) is 5. The smallest absolute Gasteiger partial charge is 0.130 e. The van der Waals surface area contributed by atoms with Crippen LogP contribution in [0.2, 0.25) is 0 Å². The van der Waals surface area contributed by atoms with Crippen molar-refractivity contribution in [3.8, 4) is 53.4 Å². The summed E-state index contributed by atoms with van der Waals surface area (Å²) in [5.41, 5.74) is 6.23. The molecule has 10 rings (SSSR count). The third-order valence-corrected chi connectivity index (χ3v) is 17.8. The number of aldehydes is 1. The Kier molecular flexibility index (Phi) is 23.7. The molecular formula is C70H92N2O6. The molecule has 5 aliphatic rings. The van der Waals surface area contributed by atoms with Crippen molar-refractivity contribution in [2.24, 2.45) is 0 Å². The van der Waals surface area contributed by atoms with Gasteiger partial charge in [0.05, 0.1) is 51.8 Å². The third kappa shape index (κ3) is 15.1. The molecule has 5 aromatic carbocycles. The maximum Gasteiger partial charge on any atom is 0.130 e. The van der Waals surface area contributed by atoms with Gasteiger partial charge in [0.25, 0.3) is 0 Å². The summed E-state index contributed by atoms with van der Waals surface area (Å²) in [5, 5.41) is 6.75. The van der Waals surface area contributed by atoms with Crippen molar-refractivity contribution in [1.82, 2.24) is 10.6 Å². The summed E-state index contributed by atoms with van der Waals surface area (Å²) < 4.78 is 27.1. The second-order valence-corrected chi connectivity index (χ2v) is 22.5. The fourth-order valence-corrected chi connectivity index (χ4v) is 12.9. The van der Waals surface area contributed by atoms with E-state index in [1.165, 1.54) is 87.3 Å². The van der Waals surface area contributed by atoms with Crippen molar-refractivity contribution >= 4 is 6.29 Å². The van der Waals surface area contributed by atoms with E-state index in [2.05, 4.69) is 90.9 Å². The molecule has 2 saturated heterocycles. The van der Waals surface area contributed by atoms with Crippen LogP contribution in [0.1, 0.15) is 164 Å². The summed E-state index contributed by atoms with van der Waals surface area (Å²) in [7, 11) is 8.60. The molecule has 3 aliphatic carbocycles. The zero-order valence-corrected chi connectivity index (χ0v) is 48.5. The molecule has 0 spiro atoms. The van der Waals surface area contributed by atoms with Gasteiger partial charge in [0.1, 0.15) is 35.0 Å². The predicted molar refractivity (Wildman–Crippen MR) is 322 cm³/mol. The maximum atomic E-state index is 11.5. The van der Waals surface area contributed by atoms with Crippen LogP contribution in [0.5, 0.6) is 28.7 Å². The molecule has 5 fully saturated rings. The van der Waals surface area contributed by atoms with E-state index in [-0.39, 0.29) is 21.7 Å². The minimum absolute atomic E-state index is 0.0924. The van der Waals surface area contributed by atoms with Crippen LogP contribution < -0.4 is 34.3 Å². The average Bonchev–Trinajstić information content (AvgIpc) is 3.56. The zero-order valence-electron chi connectivity index (χ0n) is 48.5. The first kappa shape index (κ1) is 61.0. The Balaban J connectivity index is 0.000000158. The largest absolute Gasteiger partial charge is 0.496 e. The lowest BCUT2D eigenvalue weighted by molar-refractivity contribution is -0.113. The van der Waals surface area contributed by atoms with E-state index >= 15 is 0 Å². The third-order valence-electron chi connectivity index (χ3n) is 17.8. The molecule has 0 radical (unpaired) electrons. The monoisotopic (exact) mass is 1060 g/mol. The van der Waals surface area contributed by atoms with Crippen LogP contribution in [-0.4, -0.2) is 68.0 Å². The summed E-state index contributed by atoms with van der Waals surface area (Å²) in [6.45, 7) is 8.88. The zero-order chi connectivity index (χ0) is 55.8. The Morgan fingerprint density at radius 2 is 0.654 bits per heavy atom. The van der Waals surface area contributed by atoms with Crippen LogP contribution >= 0.6 is 0 Å². The fraction of sp³-hybridized carbons (Fsp3) is 0.500. The van der Waals surface area contributed by atoms with Crippen molar-refractivity contribution in [3.05, 3.63) is 149 Å². The molecule has 8 nitrogen and oxygen atoms in total. The van der Waals surface area contributed by atoms with Gasteiger partial charge in [0.2, 0.25) is 0 Å². The number of rotatable bonds is 11. The van der Waals surface area contributed by atoms with Crippen LogP contribution in [0, 0.1) is 24.7 Å². The highest BCUT2D eigenvalue weighted by atomic mass is 16.5. The summed E-state index contributed by atoms with van der Waals surface area (Å²) in [6, 6.07) is 41.0. The van der Waals surface area contributed by atoms with E-state index < -0.39 is 0 Å².